The average molecular weight is 351 g/mol. The molecule has 0 saturated heterocycles. The number of thiocarbonyl (C=S) groups is 1. The number of aryl methyl sites for hydroxylation is 4. The van der Waals surface area contributed by atoms with Crippen LogP contribution in [0.1, 0.15) is 28.9 Å². The van der Waals surface area contributed by atoms with Crippen LogP contribution in [-0.2, 0) is 6.54 Å². The zero-order valence-corrected chi connectivity index (χ0v) is 15.6. The number of nitrogens with one attached hydrogen (secondary N) is 2. The lowest BCUT2D eigenvalue weighted by molar-refractivity contribution is 0.558. The van der Waals surface area contributed by atoms with Crippen LogP contribution in [0.5, 0.6) is 0 Å². The van der Waals surface area contributed by atoms with Crippen LogP contribution in [0.15, 0.2) is 18.2 Å². The minimum Gasteiger partial charge on any atom is -0.362 e. The number of nitrogens with zero attached hydrogens (tertiary/aromatic N) is 2. The Morgan fingerprint density at radius 1 is 1.26 bits per heavy atom. The largest absolute Gasteiger partial charge is 0.362 e. The SMILES string of the molecule is Cc1ccc(C)c(NC(=S)NCCCn2nc(C)c(Cl)c2C)c1. The lowest BCUT2D eigenvalue weighted by atomic mass is 10.1. The maximum absolute atomic E-state index is 6.15. The summed E-state index contributed by atoms with van der Waals surface area (Å²) in [5, 5.41) is 12.3. The number of hydrogen-bond acceptors (Lipinski definition) is 2. The van der Waals surface area contributed by atoms with Crippen molar-refractivity contribution in [1.82, 2.24) is 15.1 Å². The van der Waals surface area contributed by atoms with Crippen LogP contribution >= 0.6 is 23.8 Å². The van der Waals surface area contributed by atoms with Crippen molar-refractivity contribution < 1.29 is 0 Å². The first-order chi connectivity index (χ1) is 10.9. The molecular formula is C17H23ClN4S. The second-order valence-electron chi connectivity index (χ2n) is 5.76. The summed E-state index contributed by atoms with van der Waals surface area (Å²) < 4.78 is 1.94. The molecule has 124 valence electrons. The fourth-order valence-electron chi connectivity index (χ4n) is 2.36. The fraction of sp³-hybridized carbons (Fsp3) is 0.412. The minimum absolute atomic E-state index is 0.644. The van der Waals surface area contributed by atoms with Crippen LogP contribution in [0, 0.1) is 27.7 Å². The Labute approximate surface area is 148 Å². The molecule has 1 aromatic heterocycles. The van der Waals surface area contributed by atoms with Gasteiger partial charge in [-0.05, 0) is 63.5 Å². The van der Waals surface area contributed by atoms with Gasteiger partial charge in [0.25, 0.3) is 0 Å². The fourth-order valence-corrected chi connectivity index (χ4v) is 2.71. The third kappa shape index (κ3) is 4.69. The van der Waals surface area contributed by atoms with Crippen molar-refractivity contribution in [3.8, 4) is 0 Å². The van der Waals surface area contributed by atoms with Gasteiger partial charge in [0.05, 0.1) is 16.4 Å². The highest BCUT2D eigenvalue weighted by molar-refractivity contribution is 7.80. The summed E-state index contributed by atoms with van der Waals surface area (Å²) >= 11 is 11.5. The highest BCUT2D eigenvalue weighted by Gasteiger charge is 2.08. The number of halogens is 1. The van der Waals surface area contributed by atoms with Crippen LogP contribution in [0.4, 0.5) is 5.69 Å². The summed E-state index contributed by atoms with van der Waals surface area (Å²) in [6, 6.07) is 6.28. The maximum atomic E-state index is 6.15. The van der Waals surface area contributed by atoms with Crippen molar-refractivity contribution >= 4 is 34.6 Å². The van der Waals surface area contributed by atoms with Crippen molar-refractivity contribution in [2.75, 3.05) is 11.9 Å². The number of aromatic nitrogens is 2. The molecule has 0 spiro atoms. The summed E-state index contributed by atoms with van der Waals surface area (Å²) in [4.78, 5) is 0. The van der Waals surface area contributed by atoms with E-state index in [4.69, 9.17) is 23.8 Å². The highest BCUT2D eigenvalue weighted by Crippen LogP contribution is 2.19. The van der Waals surface area contributed by atoms with Crippen molar-refractivity contribution in [3.63, 3.8) is 0 Å². The van der Waals surface area contributed by atoms with E-state index in [1.807, 2.05) is 18.5 Å². The molecular weight excluding hydrogens is 328 g/mol. The molecule has 0 unspecified atom stereocenters. The lowest BCUT2D eigenvalue weighted by Gasteiger charge is -2.13. The van der Waals surface area contributed by atoms with Gasteiger partial charge in [-0.3, -0.25) is 4.68 Å². The topological polar surface area (TPSA) is 41.9 Å². The van der Waals surface area contributed by atoms with E-state index in [0.29, 0.717) is 5.11 Å². The van der Waals surface area contributed by atoms with Gasteiger partial charge in [0.2, 0.25) is 0 Å². The standard InChI is InChI=1S/C17H23ClN4S/c1-11-6-7-12(2)15(10-11)20-17(23)19-8-5-9-22-14(4)16(18)13(3)21-22/h6-7,10H,5,8-9H2,1-4H3,(H2,19,20,23). The monoisotopic (exact) mass is 350 g/mol. The first-order valence-corrected chi connectivity index (χ1v) is 8.48. The van der Waals surface area contributed by atoms with E-state index < -0.39 is 0 Å². The number of benzene rings is 1. The van der Waals surface area contributed by atoms with Gasteiger partial charge < -0.3 is 10.6 Å². The Morgan fingerprint density at radius 3 is 2.65 bits per heavy atom. The zero-order valence-electron chi connectivity index (χ0n) is 14.0. The van der Waals surface area contributed by atoms with Crippen molar-refractivity contribution in [1.29, 1.82) is 0 Å². The predicted molar refractivity (Wildman–Crippen MR) is 101 cm³/mol. The molecule has 2 N–H and O–H groups in total. The molecule has 0 aliphatic heterocycles. The number of hydrogen-bond donors (Lipinski definition) is 2. The molecule has 0 radical (unpaired) electrons. The molecule has 23 heavy (non-hydrogen) atoms. The van der Waals surface area contributed by atoms with Crippen LogP contribution in [0.25, 0.3) is 0 Å². The van der Waals surface area contributed by atoms with Crippen LogP contribution in [0.3, 0.4) is 0 Å². The Bertz CT molecular complexity index is 709. The van der Waals surface area contributed by atoms with Crippen molar-refractivity contribution in [2.24, 2.45) is 0 Å². The van der Waals surface area contributed by atoms with Gasteiger partial charge in [-0.25, -0.2) is 0 Å². The summed E-state index contributed by atoms with van der Waals surface area (Å²) in [5.74, 6) is 0. The summed E-state index contributed by atoms with van der Waals surface area (Å²) in [6.45, 7) is 9.65. The quantitative estimate of drug-likeness (QED) is 0.628. The molecule has 2 rings (SSSR count). The van der Waals surface area contributed by atoms with E-state index in [9.17, 15) is 0 Å². The molecule has 6 heteroatoms. The second-order valence-corrected chi connectivity index (χ2v) is 6.55. The molecule has 1 aromatic carbocycles. The Hall–Kier alpha value is -1.59. The van der Waals surface area contributed by atoms with Gasteiger partial charge >= 0.3 is 0 Å². The molecule has 0 fully saturated rings. The van der Waals surface area contributed by atoms with Crippen molar-refractivity contribution in [3.05, 3.63) is 45.7 Å². The van der Waals surface area contributed by atoms with Gasteiger partial charge in [-0.2, -0.15) is 5.10 Å². The normalized spacial score (nSPS) is 10.7. The van der Waals surface area contributed by atoms with E-state index in [1.54, 1.807) is 0 Å². The molecule has 0 aliphatic carbocycles. The summed E-state index contributed by atoms with van der Waals surface area (Å²) in [7, 11) is 0. The van der Waals surface area contributed by atoms with Crippen LogP contribution in [0.2, 0.25) is 5.02 Å². The van der Waals surface area contributed by atoms with Gasteiger partial charge in [-0.1, -0.05) is 23.7 Å². The Morgan fingerprint density at radius 2 is 2.00 bits per heavy atom. The van der Waals surface area contributed by atoms with E-state index in [0.717, 1.165) is 41.6 Å². The third-order valence-corrected chi connectivity index (χ3v) is 4.56. The molecule has 0 atom stereocenters. The molecule has 0 bridgehead atoms. The smallest absolute Gasteiger partial charge is 0.170 e. The predicted octanol–water partition coefficient (Wildman–Crippen LogP) is 4.15. The number of rotatable bonds is 5. The lowest BCUT2D eigenvalue weighted by Crippen LogP contribution is -2.30. The molecule has 2 aromatic rings. The summed E-state index contributed by atoms with van der Waals surface area (Å²) in [5.41, 5.74) is 5.33. The third-order valence-electron chi connectivity index (χ3n) is 3.77. The molecule has 0 saturated carbocycles. The maximum Gasteiger partial charge on any atom is 0.170 e. The molecule has 0 aliphatic rings. The summed E-state index contributed by atoms with van der Waals surface area (Å²) in [6.07, 6.45) is 0.924. The first-order valence-electron chi connectivity index (χ1n) is 7.70. The van der Waals surface area contributed by atoms with Crippen molar-refractivity contribution in [2.45, 2.75) is 40.7 Å². The Kier molecular flexibility index (Phi) is 6.02. The number of anilines is 1. The van der Waals surface area contributed by atoms with E-state index in [2.05, 4.69) is 47.8 Å². The van der Waals surface area contributed by atoms with E-state index >= 15 is 0 Å². The molecule has 0 amide bonds. The van der Waals surface area contributed by atoms with Gasteiger partial charge in [-0.15, -0.1) is 0 Å². The van der Waals surface area contributed by atoms with Gasteiger partial charge in [0.15, 0.2) is 5.11 Å². The average Bonchev–Trinajstić information content (AvgIpc) is 2.75. The van der Waals surface area contributed by atoms with E-state index in [1.165, 1.54) is 11.1 Å². The Balaban J connectivity index is 1.79. The first kappa shape index (κ1) is 17.8. The highest BCUT2D eigenvalue weighted by atomic mass is 35.5. The molecule has 1 heterocycles. The minimum atomic E-state index is 0.644. The van der Waals surface area contributed by atoms with E-state index in [-0.39, 0.29) is 0 Å². The second kappa shape index (κ2) is 7.79. The van der Waals surface area contributed by atoms with Crippen LogP contribution < -0.4 is 10.6 Å². The zero-order chi connectivity index (χ0) is 17.0. The van der Waals surface area contributed by atoms with Crippen LogP contribution in [-0.4, -0.2) is 21.4 Å². The molecule has 4 nitrogen and oxygen atoms in total. The van der Waals surface area contributed by atoms with Gasteiger partial charge in [0, 0.05) is 18.8 Å². The van der Waals surface area contributed by atoms with Gasteiger partial charge in [0.1, 0.15) is 0 Å².